The van der Waals surface area contributed by atoms with Gasteiger partial charge in [0, 0.05) is 17.6 Å². The first-order valence-electron chi connectivity index (χ1n) is 7.33. The first kappa shape index (κ1) is 14.1. The lowest BCUT2D eigenvalue weighted by atomic mass is 9.92. The number of nitrogens with one attached hydrogen (secondary N) is 2. The zero-order valence-corrected chi connectivity index (χ0v) is 11.9. The Bertz CT molecular complexity index is 431. The van der Waals surface area contributed by atoms with Crippen molar-refractivity contribution < 1.29 is 4.79 Å². The molecule has 1 fully saturated rings. The second-order valence-corrected chi connectivity index (χ2v) is 5.47. The van der Waals surface area contributed by atoms with Gasteiger partial charge in [-0.3, -0.25) is 4.79 Å². The number of para-hydroxylation sites is 1. The van der Waals surface area contributed by atoms with Crippen molar-refractivity contribution in [3.63, 3.8) is 0 Å². The van der Waals surface area contributed by atoms with Gasteiger partial charge in [-0.2, -0.15) is 0 Å². The van der Waals surface area contributed by atoms with Crippen molar-refractivity contribution in [3.8, 4) is 0 Å². The summed E-state index contributed by atoms with van der Waals surface area (Å²) in [5.74, 6) is 0.322. The summed E-state index contributed by atoms with van der Waals surface area (Å²) in [4.78, 5) is 12.3. The van der Waals surface area contributed by atoms with Gasteiger partial charge >= 0.3 is 0 Å². The molecule has 1 aromatic carbocycles. The molecule has 1 aromatic rings. The number of amides is 1. The van der Waals surface area contributed by atoms with E-state index in [1.807, 2.05) is 18.2 Å². The first-order valence-corrected chi connectivity index (χ1v) is 7.33. The van der Waals surface area contributed by atoms with Crippen LogP contribution in [-0.2, 0) is 11.2 Å². The lowest BCUT2D eigenvalue weighted by molar-refractivity contribution is -0.120. The molecule has 1 aliphatic heterocycles. The number of aryl methyl sites for hydroxylation is 1. The minimum absolute atomic E-state index is 0.144. The van der Waals surface area contributed by atoms with Gasteiger partial charge in [-0.15, -0.1) is 0 Å². The standard InChI is InChI=1S/C16H24N2O/c1-3-6-13-7-4-5-8-15(13)18-16(19)14-9-10-17-12(2)11-14/h4-5,7-8,12,14,17H,3,6,9-11H2,1-2H3,(H,18,19)/t12-,14-/m0/s1. The Morgan fingerprint density at radius 1 is 1.42 bits per heavy atom. The van der Waals surface area contributed by atoms with Crippen LogP contribution in [0, 0.1) is 5.92 Å². The molecule has 0 unspecified atom stereocenters. The fraction of sp³-hybridized carbons (Fsp3) is 0.562. The Morgan fingerprint density at radius 2 is 2.21 bits per heavy atom. The predicted molar refractivity (Wildman–Crippen MR) is 79.3 cm³/mol. The second kappa shape index (κ2) is 6.71. The summed E-state index contributed by atoms with van der Waals surface area (Å²) in [5.41, 5.74) is 2.22. The highest BCUT2D eigenvalue weighted by molar-refractivity contribution is 5.93. The Balaban J connectivity index is 2.02. The molecule has 1 heterocycles. The molecule has 2 rings (SSSR count). The Kier molecular flexibility index (Phi) is 4.97. The average molecular weight is 260 g/mol. The quantitative estimate of drug-likeness (QED) is 0.874. The number of carbonyl (C=O) groups excluding carboxylic acids is 1. The van der Waals surface area contributed by atoms with Crippen LogP contribution in [0.3, 0.4) is 0 Å². The van der Waals surface area contributed by atoms with E-state index < -0.39 is 0 Å². The highest BCUT2D eigenvalue weighted by Gasteiger charge is 2.24. The van der Waals surface area contributed by atoms with Crippen molar-refractivity contribution in [1.29, 1.82) is 0 Å². The summed E-state index contributed by atoms with van der Waals surface area (Å²) >= 11 is 0. The van der Waals surface area contributed by atoms with Gasteiger partial charge in [0.15, 0.2) is 0 Å². The average Bonchev–Trinajstić information content (AvgIpc) is 2.41. The summed E-state index contributed by atoms with van der Waals surface area (Å²) in [5, 5.41) is 6.50. The third-order valence-electron chi connectivity index (χ3n) is 3.79. The van der Waals surface area contributed by atoms with Crippen molar-refractivity contribution in [2.24, 2.45) is 5.92 Å². The molecule has 0 radical (unpaired) electrons. The largest absolute Gasteiger partial charge is 0.326 e. The van der Waals surface area contributed by atoms with Crippen molar-refractivity contribution in [1.82, 2.24) is 5.32 Å². The van der Waals surface area contributed by atoms with E-state index >= 15 is 0 Å². The van der Waals surface area contributed by atoms with Gasteiger partial charge < -0.3 is 10.6 Å². The van der Waals surface area contributed by atoms with Crippen LogP contribution in [0.25, 0.3) is 0 Å². The maximum atomic E-state index is 12.3. The molecule has 2 N–H and O–H groups in total. The van der Waals surface area contributed by atoms with Crippen molar-refractivity contribution in [2.45, 2.75) is 45.6 Å². The fourth-order valence-corrected chi connectivity index (χ4v) is 2.73. The fourth-order valence-electron chi connectivity index (χ4n) is 2.73. The number of anilines is 1. The van der Waals surface area contributed by atoms with Crippen molar-refractivity contribution >= 4 is 11.6 Å². The maximum Gasteiger partial charge on any atom is 0.227 e. The molecular weight excluding hydrogens is 236 g/mol. The molecule has 1 saturated heterocycles. The molecule has 1 aliphatic rings. The summed E-state index contributed by atoms with van der Waals surface area (Å²) in [6, 6.07) is 8.57. The van der Waals surface area contributed by atoms with E-state index in [1.165, 1.54) is 5.56 Å². The Labute approximate surface area is 115 Å². The zero-order valence-electron chi connectivity index (χ0n) is 11.9. The molecule has 0 spiro atoms. The maximum absolute atomic E-state index is 12.3. The molecule has 2 atom stereocenters. The smallest absolute Gasteiger partial charge is 0.227 e. The summed E-state index contributed by atoms with van der Waals surface area (Å²) in [6.45, 7) is 5.24. The van der Waals surface area contributed by atoms with Gasteiger partial charge in [0.1, 0.15) is 0 Å². The molecule has 19 heavy (non-hydrogen) atoms. The van der Waals surface area contributed by atoms with Crippen LogP contribution in [0.1, 0.15) is 38.7 Å². The van der Waals surface area contributed by atoms with E-state index in [0.29, 0.717) is 6.04 Å². The van der Waals surface area contributed by atoms with E-state index in [2.05, 4.69) is 30.5 Å². The van der Waals surface area contributed by atoms with Gasteiger partial charge in [-0.05, 0) is 44.4 Å². The Hall–Kier alpha value is -1.35. The number of hydrogen-bond acceptors (Lipinski definition) is 2. The summed E-state index contributed by atoms with van der Waals surface area (Å²) in [6.07, 6.45) is 3.98. The molecule has 0 saturated carbocycles. The van der Waals surface area contributed by atoms with Crippen LogP contribution in [0.2, 0.25) is 0 Å². The van der Waals surface area contributed by atoms with E-state index in [1.54, 1.807) is 0 Å². The highest BCUT2D eigenvalue weighted by Crippen LogP contribution is 2.21. The number of rotatable bonds is 4. The van der Waals surface area contributed by atoms with Gasteiger partial charge in [0.05, 0.1) is 0 Å². The van der Waals surface area contributed by atoms with E-state index in [4.69, 9.17) is 0 Å². The minimum atomic E-state index is 0.144. The van der Waals surface area contributed by atoms with E-state index in [0.717, 1.165) is 37.9 Å². The van der Waals surface area contributed by atoms with E-state index in [-0.39, 0.29) is 11.8 Å². The molecular formula is C16H24N2O. The predicted octanol–water partition coefficient (Wildman–Crippen LogP) is 2.97. The lowest BCUT2D eigenvalue weighted by Gasteiger charge is -2.27. The zero-order chi connectivity index (χ0) is 13.7. The van der Waals surface area contributed by atoms with Crippen LogP contribution in [0.4, 0.5) is 5.69 Å². The summed E-state index contributed by atoms with van der Waals surface area (Å²) < 4.78 is 0. The first-order chi connectivity index (χ1) is 9.20. The normalized spacial score (nSPS) is 23.1. The van der Waals surface area contributed by atoms with Crippen LogP contribution >= 0.6 is 0 Å². The van der Waals surface area contributed by atoms with Crippen molar-refractivity contribution in [2.75, 3.05) is 11.9 Å². The molecule has 3 nitrogen and oxygen atoms in total. The van der Waals surface area contributed by atoms with Gasteiger partial charge in [0.2, 0.25) is 5.91 Å². The molecule has 1 amide bonds. The lowest BCUT2D eigenvalue weighted by Crippen LogP contribution is -2.40. The number of benzene rings is 1. The van der Waals surface area contributed by atoms with Crippen LogP contribution in [0.5, 0.6) is 0 Å². The highest BCUT2D eigenvalue weighted by atomic mass is 16.1. The van der Waals surface area contributed by atoms with Crippen LogP contribution in [0.15, 0.2) is 24.3 Å². The minimum Gasteiger partial charge on any atom is -0.326 e. The van der Waals surface area contributed by atoms with Crippen molar-refractivity contribution in [3.05, 3.63) is 29.8 Å². The number of carbonyl (C=O) groups is 1. The summed E-state index contributed by atoms with van der Waals surface area (Å²) in [7, 11) is 0. The SMILES string of the molecule is CCCc1ccccc1NC(=O)[C@H]1CCN[C@@H](C)C1. The van der Waals surface area contributed by atoms with E-state index in [9.17, 15) is 4.79 Å². The monoisotopic (exact) mass is 260 g/mol. The second-order valence-electron chi connectivity index (χ2n) is 5.47. The Morgan fingerprint density at radius 3 is 2.95 bits per heavy atom. The molecule has 0 aliphatic carbocycles. The number of piperidine rings is 1. The molecule has 0 aromatic heterocycles. The van der Waals surface area contributed by atoms with Crippen LogP contribution in [-0.4, -0.2) is 18.5 Å². The number of hydrogen-bond donors (Lipinski definition) is 2. The molecule has 104 valence electrons. The topological polar surface area (TPSA) is 41.1 Å². The van der Waals surface area contributed by atoms with Gasteiger partial charge in [-0.1, -0.05) is 31.5 Å². The molecule has 0 bridgehead atoms. The third kappa shape index (κ3) is 3.80. The van der Waals surface area contributed by atoms with Crippen LogP contribution < -0.4 is 10.6 Å². The van der Waals surface area contributed by atoms with Gasteiger partial charge in [-0.25, -0.2) is 0 Å². The molecule has 3 heteroatoms. The third-order valence-corrected chi connectivity index (χ3v) is 3.79. The van der Waals surface area contributed by atoms with Gasteiger partial charge in [0.25, 0.3) is 0 Å².